The third-order valence-corrected chi connectivity index (χ3v) is 5.63. The number of furan rings is 1. The third kappa shape index (κ3) is 3.13. The smallest absolute Gasteiger partial charge is 0.337 e. The minimum absolute atomic E-state index is 0.0295. The molecule has 0 aliphatic carbocycles. The van der Waals surface area contributed by atoms with Crippen molar-refractivity contribution in [2.45, 2.75) is 25.6 Å². The van der Waals surface area contributed by atoms with Crippen LogP contribution in [0.5, 0.6) is 5.75 Å². The van der Waals surface area contributed by atoms with Gasteiger partial charge in [0.1, 0.15) is 23.0 Å². The zero-order valence-electron chi connectivity index (χ0n) is 16.5. The maximum absolute atomic E-state index is 11.8. The summed E-state index contributed by atoms with van der Waals surface area (Å²) in [5, 5.41) is 7.45. The van der Waals surface area contributed by atoms with E-state index in [2.05, 4.69) is 0 Å². The SMILES string of the molecule is COC(=O)c1ccc([C@@H]2Oc3ccc(Cl)cc3[C@@H]3CC(c4ccc(C)o4)=NN32)cc1. The monoisotopic (exact) mass is 422 g/mol. The van der Waals surface area contributed by atoms with Crippen LogP contribution in [-0.2, 0) is 4.74 Å². The molecule has 0 unspecified atom stereocenters. The number of hydrogen-bond donors (Lipinski definition) is 0. The Bertz CT molecular complexity index is 1150. The Balaban J connectivity index is 1.56. The number of methoxy groups -OCH3 is 1. The summed E-state index contributed by atoms with van der Waals surface area (Å²) in [6.45, 7) is 1.91. The Labute approximate surface area is 178 Å². The predicted molar refractivity (Wildman–Crippen MR) is 112 cm³/mol. The molecule has 2 aromatic carbocycles. The summed E-state index contributed by atoms with van der Waals surface area (Å²) >= 11 is 6.26. The number of carbonyl (C=O) groups is 1. The molecule has 0 amide bonds. The van der Waals surface area contributed by atoms with Crippen LogP contribution in [0.1, 0.15) is 51.7 Å². The number of fused-ring (bicyclic) bond motifs is 3. The first kappa shape index (κ1) is 18.8. The van der Waals surface area contributed by atoms with Gasteiger partial charge in [0.2, 0.25) is 6.23 Å². The van der Waals surface area contributed by atoms with Crippen LogP contribution >= 0.6 is 11.6 Å². The van der Waals surface area contributed by atoms with Gasteiger partial charge in [-0.3, -0.25) is 0 Å². The van der Waals surface area contributed by atoms with Crippen molar-refractivity contribution in [1.82, 2.24) is 5.01 Å². The Morgan fingerprint density at radius 3 is 2.67 bits per heavy atom. The number of esters is 1. The summed E-state index contributed by atoms with van der Waals surface area (Å²) in [4.78, 5) is 11.8. The largest absolute Gasteiger partial charge is 0.465 e. The van der Waals surface area contributed by atoms with Crippen molar-refractivity contribution in [3.63, 3.8) is 0 Å². The number of halogens is 1. The summed E-state index contributed by atoms with van der Waals surface area (Å²) in [5.41, 5.74) is 3.22. The number of hydrazone groups is 1. The van der Waals surface area contributed by atoms with Crippen LogP contribution in [0.3, 0.4) is 0 Å². The van der Waals surface area contributed by atoms with Crippen molar-refractivity contribution in [2.24, 2.45) is 5.10 Å². The van der Waals surface area contributed by atoms with E-state index in [-0.39, 0.29) is 12.0 Å². The molecule has 0 saturated heterocycles. The molecule has 1 aromatic heterocycles. The van der Waals surface area contributed by atoms with E-state index in [1.165, 1.54) is 7.11 Å². The summed E-state index contributed by atoms with van der Waals surface area (Å²) in [7, 11) is 1.37. The second kappa shape index (κ2) is 7.22. The van der Waals surface area contributed by atoms with Crippen molar-refractivity contribution in [2.75, 3.05) is 7.11 Å². The van der Waals surface area contributed by atoms with Gasteiger partial charge in [0.05, 0.1) is 18.7 Å². The zero-order chi connectivity index (χ0) is 20.8. The highest BCUT2D eigenvalue weighted by Gasteiger charge is 2.41. The second-order valence-corrected chi connectivity index (χ2v) is 7.76. The van der Waals surface area contributed by atoms with Crippen LogP contribution in [0.15, 0.2) is 64.1 Å². The fraction of sp³-hybridized carbons (Fsp3) is 0.217. The van der Waals surface area contributed by atoms with E-state index in [4.69, 9.17) is 30.6 Å². The fourth-order valence-corrected chi connectivity index (χ4v) is 4.10. The molecule has 3 heterocycles. The van der Waals surface area contributed by atoms with Crippen LogP contribution in [0.4, 0.5) is 0 Å². The van der Waals surface area contributed by atoms with Gasteiger partial charge in [-0.2, -0.15) is 5.10 Å². The summed E-state index contributed by atoms with van der Waals surface area (Å²) in [6.07, 6.45) is 0.240. The molecular weight excluding hydrogens is 404 g/mol. The molecule has 7 heteroatoms. The van der Waals surface area contributed by atoms with E-state index in [0.717, 1.165) is 34.1 Å². The first-order chi connectivity index (χ1) is 14.5. The molecule has 2 aliphatic rings. The number of nitrogens with zero attached hydrogens (tertiary/aromatic N) is 2. The number of hydrogen-bond acceptors (Lipinski definition) is 6. The first-order valence-electron chi connectivity index (χ1n) is 9.60. The molecule has 0 N–H and O–H groups in total. The van der Waals surface area contributed by atoms with Crippen molar-refractivity contribution < 1.29 is 18.7 Å². The molecule has 30 heavy (non-hydrogen) atoms. The van der Waals surface area contributed by atoms with E-state index in [0.29, 0.717) is 17.0 Å². The van der Waals surface area contributed by atoms with E-state index < -0.39 is 6.23 Å². The van der Waals surface area contributed by atoms with Gasteiger partial charge >= 0.3 is 5.97 Å². The third-order valence-electron chi connectivity index (χ3n) is 5.39. The van der Waals surface area contributed by atoms with Gasteiger partial charge in [0, 0.05) is 22.6 Å². The molecule has 0 fully saturated rings. The van der Waals surface area contributed by atoms with Gasteiger partial charge < -0.3 is 13.9 Å². The van der Waals surface area contributed by atoms with Gasteiger partial charge in [-0.15, -0.1) is 0 Å². The quantitative estimate of drug-likeness (QED) is 0.538. The highest BCUT2D eigenvalue weighted by Crippen LogP contribution is 2.48. The molecule has 152 valence electrons. The number of aryl methyl sites for hydroxylation is 1. The maximum Gasteiger partial charge on any atom is 0.337 e. The van der Waals surface area contributed by atoms with Crippen molar-refractivity contribution in [3.8, 4) is 5.75 Å². The van der Waals surface area contributed by atoms with Gasteiger partial charge in [-0.05, 0) is 49.4 Å². The molecule has 2 atom stereocenters. The first-order valence-corrected chi connectivity index (χ1v) is 9.98. The second-order valence-electron chi connectivity index (χ2n) is 7.32. The average Bonchev–Trinajstić information content (AvgIpc) is 3.39. The normalized spacial score (nSPS) is 19.6. The summed E-state index contributed by atoms with van der Waals surface area (Å²) in [5.74, 6) is 1.99. The molecule has 5 rings (SSSR count). The number of ether oxygens (including phenoxy) is 2. The molecular formula is C23H19ClN2O4. The Morgan fingerprint density at radius 1 is 1.17 bits per heavy atom. The number of benzene rings is 2. The lowest BCUT2D eigenvalue weighted by Crippen LogP contribution is -2.33. The minimum atomic E-state index is -0.441. The van der Waals surface area contributed by atoms with Gasteiger partial charge in [-0.1, -0.05) is 23.7 Å². The van der Waals surface area contributed by atoms with Crippen LogP contribution in [0.25, 0.3) is 0 Å². The van der Waals surface area contributed by atoms with E-state index in [1.807, 2.05) is 54.4 Å². The molecule has 0 saturated carbocycles. The Hall–Kier alpha value is -3.25. The number of carbonyl (C=O) groups excluding carboxylic acids is 1. The Morgan fingerprint density at radius 2 is 1.97 bits per heavy atom. The maximum atomic E-state index is 11.8. The van der Waals surface area contributed by atoms with E-state index in [1.54, 1.807) is 12.1 Å². The van der Waals surface area contributed by atoms with Gasteiger partial charge in [0.15, 0.2) is 0 Å². The Kier molecular flexibility index (Phi) is 4.51. The average molecular weight is 423 g/mol. The van der Waals surface area contributed by atoms with E-state index in [9.17, 15) is 4.79 Å². The van der Waals surface area contributed by atoms with Gasteiger partial charge in [0.25, 0.3) is 0 Å². The fourth-order valence-electron chi connectivity index (χ4n) is 3.92. The lowest BCUT2D eigenvalue weighted by atomic mass is 9.97. The van der Waals surface area contributed by atoms with E-state index >= 15 is 0 Å². The molecule has 3 aromatic rings. The topological polar surface area (TPSA) is 64.3 Å². The molecule has 2 aliphatic heterocycles. The van der Waals surface area contributed by atoms with Crippen molar-refractivity contribution in [3.05, 3.63) is 87.8 Å². The zero-order valence-corrected chi connectivity index (χ0v) is 17.2. The van der Waals surface area contributed by atoms with Crippen LogP contribution in [0.2, 0.25) is 5.02 Å². The summed E-state index contributed by atoms with van der Waals surface area (Å²) < 4.78 is 16.9. The molecule has 0 spiro atoms. The lowest BCUT2D eigenvalue weighted by molar-refractivity contribution is -0.0190. The lowest BCUT2D eigenvalue weighted by Gasteiger charge is -2.38. The van der Waals surface area contributed by atoms with Gasteiger partial charge in [-0.25, -0.2) is 9.80 Å². The van der Waals surface area contributed by atoms with Crippen LogP contribution < -0.4 is 4.74 Å². The minimum Gasteiger partial charge on any atom is -0.465 e. The standard InChI is InChI=1S/C23H19ClN2O4/c1-13-3-9-21(29-13)18-12-19-17-11-16(24)8-10-20(17)30-22(26(19)25-18)14-4-6-15(7-5-14)23(27)28-2/h3-11,19,22H,12H2,1-2H3/t19-,22-/m0/s1. The molecule has 0 radical (unpaired) electrons. The highest BCUT2D eigenvalue weighted by atomic mass is 35.5. The highest BCUT2D eigenvalue weighted by molar-refractivity contribution is 6.30. The molecule has 6 nitrogen and oxygen atoms in total. The van der Waals surface area contributed by atoms with Crippen molar-refractivity contribution >= 4 is 23.3 Å². The van der Waals surface area contributed by atoms with Crippen LogP contribution in [0, 0.1) is 6.92 Å². The molecule has 0 bridgehead atoms. The van der Waals surface area contributed by atoms with Crippen molar-refractivity contribution in [1.29, 1.82) is 0 Å². The summed E-state index contributed by atoms with van der Waals surface area (Å²) in [6, 6.07) is 16.7. The number of rotatable bonds is 3. The predicted octanol–water partition coefficient (Wildman–Crippen LogP) is 5.27. The van der Waals surface area contributed by atoms with Crippen LogP contribution in [-0.4, -0.2) is 23.8 Å².